The Kier molecular flexibility index (Phi) is 5.55. The summed E-state index contributed by atoms with van der Waals surface area (Å²) in [6.07, 6.45) is 2.49. The monoisotopic (exact) mass is 471 g/mol. The van der Waals surface area contributed by atoms with Crippen LogP contribution in [0.15, 0.2) is 42.0 Å². The van der Waals surface area contributed by atoms with Crippen LogP contribution < -0.4 is 15.1 Å². The van der Waals surface area contributed by atoms with Gasteiger partial charge in [0.05, 0.1) is 10.7 Å². The molecule has 1 saturated heterocycles. The zero-order valence-corrected chi connectivity index (χ0v) is 19.7. The predicted molar refractivity (Wildman–Crippen MR) is 127 cm³/mol. The zero-order chi connectivity index (χ0) is 23.4. The number of hydrogen-bond donors (Lipinski definition) is 1. The summed E-state index contributed by atoms with van der Waals surface area (Å²) >= 11 is 12.1. The molecule has 2 aromatic carbocycles. The number of benzene rings is 2. The van der Waals surface area contributed by atoms with Gasteiger partial charge in [0.1, 0.15) is 5.57 Å². The first-order valence-electron chi connectivity index (χ1n) is 10.2. The second kappa shape index (κ2) is 7.94. The third kappa shape index (κ3) is 3.78. The average molecular weight is 472 g/mol. The number of fused-ring (bicyclic) bond motifs is 1. The van der Waals surface area contributed by atoms with Crippen molar-refractivity contribution in [3.63, 3.8) is 0 Å². The van der Waals surface area contributed by atoms with Gasteiger partial charge in [0.25, 0.3) is 11.8 Å². The minimum absolute atomic E-state index is 0.0321. The molecule has 6 nitrogen and oxygen atoms in total. The van der Waals surface area contributed by atoms with Crippen molar-refractivity contribution in [2.45, 2.75) is 38.6 Å². The summed E-state index contributed by atoms with van der Waals surface area (Å²) in [5.41, 5.74) is 3.02. The summed E-state index contributed by atoms with van der Waals surface area (Å²) in [4.78, 5) is 41.2. The van der Waals surface area contributed by atoms with Gasteiger partial charge in [-0.05, 0) is 73.7 Å². The van der Waals surface area contributed by atoms with Crippen LogP contribution in [0.25, 0.3) is 6.08 Å². The van der Waals surface area contributed by atoms with Crippen LogP contribution >= 0.6 is 23.2 Å². The fourth-order valence-electron chi connectivity index (χ4n) is 4.39. The Morgan fingerprint density at radius 1 is 1.06 bits per heavy atom. The number of carbonyl (C=O) groups is 3. The first-order chi connectivity index (χ1) is 15.0. The molecule has 8 heteroatoms. The van der Waals surface area contributed by atoms with E-state index in [1.807, 2.05) is 18.2 Å². The lowest BCUT2D eigenvalue weighted by atomic mass is 9.80. The maximum atomic E-state index is 13.2. The largest absolute Gasteiger partial charge is 0.369 e. The van der Waals surface area contributed by atoms with Crippen molar-refractivity contribution in [2.75, 3.05) is 16.8 Å². The molecule has 0 aromatic heterocycles. The number of urea groups is 1. The number of nitrogens with one attached hydrogen (secondary N) is 1. The van der Waals surface area contributed by atoms with Crippen molar-refractivity contribution in [3.8, 4) is 0 Å². The van der Waals surface area contributed by atoms with E-state index in [4.69, 9.17) is 23.2 Å². The van der Waals surface area contributed by atoms with Gasteiger partial charge in [-0.2, -0.15) is 0 Å². The molecule has 0 bridgehead atoms. The van der Waals surface area contributed by atoms with Crippen molar-refractivity contribution in [2.24, 2.45) is 0 Å². The van der Waals surface area contributed by atoms with E-state index >= 15 is 0 Å². The highest BCUT2D eigenvalue weighted by Gasteiger charge is 2.38. The topological polar surface area (TPSA) is 69.7 Å². The summed E-state index contributed by atoms with van der Waals surface area (Å²) in [6.45, 7) is 6.59. The number of imide groups is 2. The number of nitrogens with zero attached hydrogens (tertiary/aromatic N) is 2. The molecule has 2 aromatic rings. The van der Waals surface area contributed by atoms with Gasteiger partial charge in [-0.15, -0.1) is 0 Å². The van der Waals surface area contributed by atoms with Gasteiger partial charge in [0.15, 0.2) is 0 Å². The standard InChI is InChI=1S/C24H23Cl2N3O3/c1-13-12-24(2,3)28(4)19-7-5-14(9-16(13)19)10-17-21(30)27-23(32)29(22(17)31)20-8-6-15(25)11-18(20)26/h5-11,13H,12H2,1-4H3,(H,27,30,32)/b17-10+. The van der Waals surface area contributed by atoms with E-state index in [-0.39, 0.29) is 21.8 Å². The number of hydrogen-bond acceptors (Lipinski definition) is 4. The number of carbonyl (C=O) groups excluding carboxylic acids is 3. The number of anilines is 2. The maximum absolute atomic E-state index is 13.2. The molecule has 1 unspecified atom stereocenters. The van der Waals surface area contributed by atoms with Crippen LogP contribution in [0.3, 0.4) is 0 Å². The van der Waals surface area contributed by atoms with E-state index in [1.165, 1.54) is 24.3 Å². The number of barbiturate groups is 1. The normalized spacial score (nSPS) is 21.6. The Morgan fingerprint density at radius 3 is 2.44 bits per heavy atom. The van der Waals surface area contributed by atoms with Gasteiger partial charge in [0, 0.05) is 23.3 Å². The lowest BCUT2D eigenvalue weighted by molar-refractivity contribution is -0.122. The summed E-state index contributed by atoms with van der Waals surface area (Å²) in [6, 6.07) is 9.43. The molecule has 2 aliphatic heterocycles. The van der Waals surface area contributed by atoms with E-state index in [2.05, 4.69) is 38.0 Å². The van der Waals surface area contributed by atoms with Gasteiger partial charge < -0.3 is 4.90 Å². The van der Waals surface area contributed by atoms with Crippen molar-refractivity contribution < 1.29 is 14.4 Å². The molecule has 1 atom stereocenters. The number of rotatable bonds is 2. The van der Waals surface area contributed by atoms with Crippen LogP contribution in [0.1, 0.15) is 44.2 Å². The fourth-order valence-corrected chi connectivity index (χ4v) is 4.88. The minimum atomic E-state index is -0.857. The predicted octanol–water partition coefficient (Wildman–Crippen LogP) is 5.38. The Labute approximate surface area is 196 Å². The highest BCUT2D eigenvalue weighted by molar-refractivity contribution is 6.42. The van der Waals surface area contributed by atoms with E-state index in [0.29, 0.717) is 16.5 Å². The van der Waals surface area contributed by atoms with Crippen LogP contribution in [0.5, 0.6) is 0 Å². The van der Waals surface area contributed by atoms with Crippen LogP contribution in [-0.2, 0) is 9.59 Å². The van der Waals surface area contributed by atoms with E-state index in [0.717, 1.165) is 22.6 Å². The Morgan fingerprint density at radius 2 is 1.75 bits per heavy atom. The molecule has 1 N–H and O–H groups in total. The molecule has 4 amide bonds. The molecule has 32 heavy (non-hydrogen) atoms. The molecule has 166 valence electrons. The van der Waals surface area contributed by atoms with Gasteiger partial charge >= 0.3 is 6.03 Å². The van der Waals surface area contributed by atoms with Crippen molar-refractivity contribution in [1.29, 1.82) is 0 Å². The SMILES string of the molecule is CC1CC(C)(C)N(C)c2ccc(/C=C3\C(=O)NC(=O)N(c4ccc(Cl)cc4Cl)C3=O)cc21. The molecule has 2 heterocycles. The highest BCUT2D eigenvalue weighted by atomic mass is 35.5. The summed E-state index contributed by atoms with van der Waals surface area (Å²) in [7, 11) is 2.07. The van der Waals surface area contributed by atoms with Gasteiger partial charge in [-0.3, -0.25) is 14.9 Å². The van der Waals surface area contributed by atoms with E-state index in [1.54, 1.807) is 0 Å². The molecule has 2 aliphatic rings. The average Bonchev–Trinajstić information content (AvgIpc) is 2.70. The smallest absolute Gasteiger partial charge is 0.335 e. The maximum Gasteiger partial charge on any atom is 0.335 e. The Bertz CT molecular complexity index is 1190. The van der Waals surface area contributed by atoms with Gasteiger partial charge in [-0.25, -0.2) is 9.69 Å². The summed E-state index contributed by atoms with van der Waals surface area (Å²) in [5.74, 6) is -1.17. The second-order valence-corrected chi connectivity index (χ2v) is 9.69. The Hall–Kier alpha value is -2.83. The van der Waals surface area contributed by atoms with Crippen LogP contribution in [0, 0.1) is 0 Å². The third-order valence-corrected chi connectivity index (χ3v) is 6.76. The second-order valence-electron chi connectivity index (χ2n) is 8.85. The lowest BCUT2D eigenvalue weighted by Gasteiger charge is -2.45. The van der Waals surface area contributed by atoms with Gasteiger partial charge in [-0.1, -0.05) is 36.2 Å². The highest BCUT2D eigenvalue weighted by Crippen LogP contribution is 2.43. The molecule has 0 spiro atoms. The number of halogens is 2. The van der Waals surface area contributed by atoms with E-state index in [9.17, 15) is 14.4 Å². The molecular weight excluding hydrogens is 449 g/mol. The minimum Gasteiger partial charge on any atom is -0.369 e. The fraction of sp³-hybridized carbons (Fsp3) is 0.292. The molecule has 1 fully saturated rings. The molecule has 0 aliphatic carbocycles. The molecular formula is C24H23Cl2N3O3. The van der Waals surface area contributed by atoms with Crippen molar-refractivity contribution >= 4 is 58.5 Å². The third-order valence-electron chi connectivity index (χ3n) is 6.22. The molecule has 4 rings (SSSR count). The quantitative estimate of drug-likeness (QED) is 0.471. The van der Waals surface area contributed by atoms with E-state index < -0.39 is 17.8 Å². The van der Waals surface area contributed by atoms with Crippen molar-refractivity contribution in [1.82, 2.24) is 5.32 Å². The summed E-state index contributed by atoms with van der Waals surface area (Å²) in [5, 5.41) is 2.71. The first kappa shape index (κ1) is 22.4. The first-order valence-corrected chi connectivity index (χ1v) is 11.0. The zero-order valence-electron chi connectivity index (χ0n) is 18.2. The molecule has 0 radical (unpaired) electrons. The Balaban J connectivity index is 1.74. The lowest BCUT2D eigenvalue weighted by Crippen LogP contribution is -2.54. The van der Waals surface area contributed by atoms with Crippen LogP contribution in [0.2, 0.25) is 10.0 Å². The van der Waals surface area contributed by atoms with Crippen LogP contribution in [0.4, 0.5) is 16.2 Å². The molecule has 0 saturated carbocycles. The summed E-state index contributed by atoms with van der Waals surface area (Å²) < 4.78 is 0. The number of amides is 4. The van der Waals surface area contributed by atoms with Crippen molar-refractivity contribution in [3.05, 3.63) is 63.1 Å². The van der Waals surface area contributed by atoms with Crippen LogP contribution in [-0.4, -0.2) is 30.4 Å². The van der Waals surface area contributed by atoms with Gasteiger partial charge in [0.2, 0.25) is 0 Å².